The van der Waals surface area contributed by atoms with Crippen LogP contribution < -0.4 is 15.5 Å². The number of nitrogens with zero attached hydrogens (tertiary/aromatic N) is 1. The zero-order valence-electron chi connectivity index (χ0n) is 19.6. The van der Waals surface area contributed by atoms with Gasteiger partial charge in [0.2, 0.25) is 0 Å². The summed E-state index contributed by atoms with van der Waals surface area (Å²) in [6.45, 7) is 1.90. The van der Waals surface area contributed by atoms with Gasteiger partial charge in [0.15, 0.2) is 9.84 Å². The van der Waals surface area contributed by atoms with Gasteiger partial charge in [-0.25, -0.2) is 13.9 Å². The maximum Gasteiger partial charge on any atom is 0.261 e. The molecule has 2 unspecified atom stereocenters. The Bertz CT molecular complexity index is 1280. The lowest BCUT2D eigenvalue weighted by molar-refractivity contribution is -0.130. The van der Waals surface area contributed by atoms with Gasteiger partial charge in [-0.15, -0.1) is 5.92 Å². The number of sulfone groups is 1. The van der Waals surface area contributed by atoms with Gasteiger partial charge in [-0.3, -0.25) is 20.3 Å². The van der Waals surface area contributed by atoms with Crippen molar-refractivity contribution in [2.24, 2.45) is 0 Å². The Hall–Kier alpha value is -3.36. The van der Waals surface area contributed by atoms with E-state index in [0.717, 1.165) is 5.56 Å². The van der Waals surface area contributed by atoms with E-state index in [0.29, 0.717) is 17.1 Å². The number of amides is 1. The van der Waals surface area contributed by atoms with E-state index in [1.165, 1.54) is 36.3 Å². The highest BCUT2D eigenvalue weighted by Crippen LogP contribution is 2.29. The molecule has 2 atom stereocenters. The van der Waals surface area contributed by atoms with E-state index >= 15 is 0 Å². The highest BCUT2D eigenvalue weighted by atomic mass is 32.2. The van der Waals surface area contributed by atoms with Crippen LogP contribution in [-0.2, 0) is 20.4 Å². The van der Waals surface area contributed by atoms with Crippen LogP contribution in [0.5, 0.6) is 5.75 Å². The zero-order valence-corrected chi connectivity index (χ0v) is 21.3. The second-order valence-electron chi connectivity index (χ2n) is 7.59. The van der Waals surface area contributed by atoms with Crippen molar-refractivity contribution >= 4 is 27.5 Å². The van der Waals surface area contributed by atoms with E-state index in [2.05, 4.69) is 22.1 Å². The molecule has 0 aliphatic rings. The molecule has 0 saturated carbocycles. The summed E-state index contributed by atoms with van der Waals surface area (Å²) >= 11 is 1.44. The summed E-state index contributed by atoms with van der Waals surface area (Å²) in [6.07, 6.45) is 2.97. The summed E-state index contributed by atoms with van der Waals surface area (Å²) in [4.78, 5) is 16.6. The Morgan fingerprint density at radius 3 is 2.50 bits per heavy atom. The molecule has 0 aliphatic heterocycles. The van der Waals surface area contributed by atoms with Crippen LogP contribution in [0.3, 0.4) is 0 Å². The Balaban J connectivity index is 1.84. The number of ether oxygens (including phenoxy) is 1. The van der Waals surface area contributed by atoms with Crippen molar-refractivity contribution < 1.29 is 23.2 Å². The van der Waals surface area contributed by atoms with Crippen molar-refractivity contribution in [1.29, 1.82) is 0 Å². The number of thioether (sulfide) groups is 1. The number of hydrogen-bond acceptors (Lipinski definition) is 8. The number of rotatable bonds is 12. The van der Waals surface area contributed by atoms with Crippen LogP contribution in [0.15, 0.2) is 84.0 Å². The summed E-state index contributed by atoms with van der Waals surface area (Å²) in [7, 11) is -4.02. The number of hydroxylamine groups is 1. The average Bonchev–Trinajstić information content (AvgIpc) is 2.91. The molecular formula is C26H27N3O5S2. The number of hydrogen-bond donors (Lipinski definition) is 3. The molecule has 0 bridgehead atoms. The number of benzene rings is 2. The molecule has 0 aliphatic carbocycles. The third kappa shape index (κ3) is 7.57. The van der Waals surface area contributed by atoms with Gasteiger partial charge in [0.05, 0.1) is 10.9 Å². The topological polar surface area (TPSA) is 118 Å². The van der Waals surface area contributed by atoms with Crippen molar-refractivity contribution in [2.45, 2.75) is 29.0 Å². The van der Waals surface area contributed by atoms with Crippen LogP contribution in [0.25, 0.3) is 0 Å². The van der Waals surface area contributed by atoms with E-state index in [1.807, 2.05) is 30.3 Å². The minimum Gasteiger partial charge on any atom is -0.481 e. The molecule has 0 radical (unpaired) electrons. The number of aromatic nitrogens is 1. The van der Waals surface area contributed by atoms with Gasteiger partial charge in [0.25, 0.3) is 5.91 Å². The lowest BCUT2D eigenvalue weighted by Crippen LogP contribution is -2.48. The smallest absolute Gasteiger partial charge is 0.261 e. The summed E-state index contributed by atoms with van der Waals surface area (Å²) in [6, 6.07) is 17.9. The molecule has 1 heterocycles. The predicted molar refractivity (Wildman–Crippen MR) is 139 cm³/mol. The first-order chi connectivity index (χ1) is 17.5. The van der Waals surface area contributed by atoms with Crippen LogP contribution >= 0.6 is 11.8 Å². The number of pyridine rings is 1. The van der Waals surface area contributed by atoms with Gasteiger partial charge < -0.3 is 4.74 Å². The van der Waals surface area contributed by atoms with Crippen LogP contribution in [0.1, 0.15) is 23.4 Å². The minimum absolute atomic E-state index is 0.0397. The monoisotopic (exact) mass is 525 g/mol. The standard InChI is InChI=1S/C26H27N3O5S2/c1-2-3-16-34-22-11-13-23(14-12-22)36(32,33)26(21-10-7-15-27-17-21)28-24(25(30)29-31)19-35-18-20-8-5-4-6-9-20/h4-15,17,24,26,28,31H,16,18-19H2,1H3,(H,29,30). The first kappa shape index (κ1) is 27.2. The van der Waals surface area contributed by atoms with Gasteiger partial charge >= 0.3 is 0 Å². The maximum absolute atomic E-state index is 13.7. The number of carbonyl (C=O) groups excluding carboxylic acids is 1. The molecule has 10 heteroatoms. The molecule has 0 fully saturated rings. The van der Waals surface area contributed by atoms with Gasteiger partial charge in [-0.1, -0.05) is 42.3 Å². The number of nitrogens with one attached hydrogen (secondary N) is 2. The number of carbonyl (C=O) groups is 1. The molecule has 36 heavy (non-hydrogen) atoms. The molecular weight excluding hydrogens is 498 g/mol. The quantitative estimate of drug-likeness (QED) is 0.187. The van der Waals surface area contributed by atoms with E-state index in [-0.39, 0.29) is 17.3 Å². The molecule has 1 amide bonds. The van der Waals surface area contributed by atoms with Crippen LogP contribution in [0.2, 0.25) is 0 Å². The fourth-order valence-electron chi connectivity index (χ4n) is 3.28. The van der Waals surface area contributed by atoms with E-state index < -0.39 is 27.2 Å². The van der Waals surface area contributed by atoms with Crippen molar-refractivity contribution in [3.8, 4) is 17.6 Å². The first-order valence-electron chi connectivity index (χ1n) is 11.0. The van der Waals surface area contributed by atoms with Gasteiger partial charge in [-0.05, 0) is 42.8 Å². The zero-order chi connectivity index (χ0) is 25.8. The molecule has 3 aromatic rings. The Labute approximate surface area is 215 Å². The molecule has 1 aromatic heterocycles. The minimum atomic E-state index is -4.02. The average molecular weight is 526 g/mol. The Morgan fingerprint density at radius 2 is 1.86 bits per heavy atom. The lowest BCUT2D eigenvalue weighted by atomic mass is 10.2. The predicted octanol–water partition coefficient (Wildman–Crippen LogP) is 3.35. The summed E-state index contributed by atoms with van der Waals surface area (Å²) in [5, 5.41) is 11.0. The van der Waals surface area contributed by atoms with Gasteiger partial charge in [0.1, 0.15) is 17.7 Å². The van der Waals surface area contributed by atoms with Gasteiger partial charge in [-0.2, -0.15) is 11.8 Å². The molecule has 8 nitrogen and oxygen atoms in total. The van der Waals surface area contributed by atoms with Crippen LogP contribution in [0.4, 0.5) is 0 Å². The highest BCUT2D eigenvalue weighted by molar-refractivity contribution is 7.98. The molecule has 3 N–H and O–H groups in total. The Morgan fingerprint density at radius 1 is 1.11 bits per heavy atom. The second-order valence-corrected chi connectivity index (χ2v) is 10.7. The normalized spacial score (nSPS) is 12.6. The first-order valence-corrected chi connectivity index (χ1v) is 13.7. The highest BCUT2D eigenvalue weighted by Gasteiger charge is 2.33. The molecule has 0 spiro atoms. The lowest BCUT2D eigenvalue weighted by Gasteiger charge is -2.25. The van der Waals surface area contributed by atoms with Crippen LogP contribution in [0, 0.1) is 11.8 Å². The molecule has 188 valence electrons. The third-order valence-electron chi connectivity index (χ3n) is 5.11. The SMILES string of the molecule is CC#CCOc1ccc(S(=O)(=O)C(NC(CSCc2ccccc2)C(=O)NO)c2cccnc2)cc1. The van der Waals surface area contributed by atoms with Crippen molar-refractivity contribution in [3.05, 3.63) is 90.3 Å². The fraction of sp³-hybridized carbons (Fsp3) is 0.231. The van der Waals surface area contributed by atoms with Crippen molar-refractivity contribution in [3.63, 3.8) is 0 Å². The third-order valence-corrected chi connectivity index (χ3v) is 8.18. The fourth-order valence-corrected chi connectivity index (χ4v) is 5.94. The molecule has 2 aromatic carbocycles. The summed E-state index contributed by atoms with van der Waals surface area (Å²) < 4.78 is 32.9. The van der Waals surface area contributed by atoms with E-state index in [4.69, 9.17) is 4.74 Å². The summed E-state index contributed by atoms with van der Waals surface area (Å²) in [5.74, 6) is 6.09. The molecule has 3 rings (SSSR count). The van der Waals surface area contributed by atoms with Crippen molar-refractivity contribution in [2.75, 3.05) is 12.4 Å². The van der Waals surface area contributed by atoms with E-state index in [1.54, 1.807) is 36.7 Å². The van der Waals surface area contributed by atoms with E-state index in [9.17, 15) is 18.4 Å². The summed E-state index contributed by atoms with van der Waals surface area (Å²) in [5.41, 5.74) is 3.07. The van der Waals surface area contributed by atoms with Gasteiger partial charge in [0, 0.05) is 29.5 Å². The molecule has 0 saturated heterocycles. The Kier molecular flexibility index (Phi) is 10.3. The van der Waals surface area contributed by atoms with Crippen LogP contribution in [-0.4, -0.2) is 42.9 Å². The van der Waals surface area contributed by atoms with Crippen molar-refractivity contribution in [1.82, 2.24) is 15.8 Å². The second kappa shape index (κ2) is 13.7. The largest absolute Gasteiger partial charge is 0.481 e. The maximum atomic E-state index is 13.7.